The number of nitro groups is 1. The SMILES string of the molecule is CCOC(=O)CCNC(=O)c1nc(NC(=O)c2nc([N+](=O)[O-])cn2C)cn1C. The average molecular weight is 393 g/mol. The smallest absolute Gasteiger partial charge is 0.382 e. The number of amides is 2. The van der Waals surface area contributed by atoms with Crippen molar-refractivity contribution in [3.8, 4) is 0 Å². The number of rotatable bonds is 8. The number of anilines is 1. The van der Waals surface area contributed by atoms with Crippen molar-refractivity contribution in [3.05, 3.63) is 34.2 Å². The Morgan fingerprint density at radius 2 is 1.79 bits per heavy atom. The van der Waals surface area contributed by atoms with Gasteiger partial charge in [0.25, 0.3) is 5.91 Å². The Labute approximate surface area is 158 Å². The van der Waals surface area contributed by atoms with Crippen molar-refractivity contribution in [2.75, 3.05) is 18.5 Å². The minimum Gasteiger partial charge on any atom is -0.466 e. The maximum absolute atomic E-state index is 12.3. The highest BCUT2D eigenvalue weighted by Crippen LogP contribution is 2.12. The molecule has 0 aromatic carbocycles. The molecule has 0 spiro atoms. The van der Waals surface area contributed by atoms with Gasteiger partial charge in [-0.25, -0.2) is 4.98 Å². The number of hydrogen-bond acceptors (Lipinski definition) is 8. The molecule has 2 N–H and O–H groups in total. The Morgan fingerprint density at radius 3 is 2.39 bits per heavy atom. The van der Waals surface area contributed by atoms with Gasteiger partial charge < -0.3 is 34.6 Å². The van der Waals surface area contributed by atoms with Crippen molar-refractivity contribution in [2.45, 2.75) is 13.3 Å². The molecule has 150 valence electrons. The molecule has 2 rings (SSSR count). The van der Waals surface area contributed by atoms with Crippen LogP contribution in [-0.2, 0) is 23.6 Å². The lowest BCUT2D eigenvalue weighted by molar-refractivity contribution is -0.389. The summed E-state index contributed by atoms with van der Waals surface area (Å²) >= 11 is 0. The number of ether oxygens (including phenoxy) is 1. The second-order valence-corrected chi connectivity index (χ2v) is 5.62. The van der Waals surface area contributed by atoms with Crippen LogP contribution in [0.2, 0.25) is 0 Å². The molecule has 13 heteroatoms. The van der Waals surface area contributed by atoms with E-state index in [1.54, 1.807) is 14.0 Å². The van der Waals surface area contributed by atoms with Crippen molar-refractivity contribution in [1.29, 1.82) is 0 Å². The molecule has 0 atom stereocenters. The third-order valence-electron chi connectivity index (χ3n) is 3.49. The molecule has 13 nitrogen and oxygen atoms in total. The molecule has 0 radical (unpaired) electrons. The number of hydrogen-bond donors (Lipinski definition) is 2. The van der Waals surface area contributed by atoms with Crippen molar-refractivity contribution in [1.82, 2.24) is 24.4 Å². The van der Waals surface area contributed by atoms with Crippen LogP contribution in [0.3, 0.4) is 0 Å². The zero-order valence-electron chi connectivity index (χ0n) is 15.5. The number of aromatic nitrogens is 4. The number of nitrogens with one attached hydrogen (secondary N) is 2. The molecule has 2 aromatic heterocycles. The van der Waals surface area contributed by atoms with Crippen LogP contribution in [0.1, 0.15) is 34.6 Å². The predicted molar refractivity (Wildman–Crippen MR) is 94.6 cm³/mol. The minimum absolute atomic E-state index is 0.00461. The molecule has 0 aliphatic carbocycles. The molecule has 0 aliphatic heterocycles. The summed E-state index contributed by atoms with van der Waals surface area (Å²) in [4.78, 5) is 53.4. The summed E-state index contributed by atoms with van der Waals surface area (Å²) in [5, 5.41) is 15.7. The van der Waals surface area contributed by atoms with E-state index in [1.807, 2.05) is 0 Å². The van der Waals surface area contributed by atoms with Crippen molar-refractivity contribution in [3.63, 3.8) is 0 Å². The van der Waals surface area contributed by atoms with E-state index in [2.05, 4.69) is 20.6 Å². The molecule has 0 saturated heterocycles. The van der Waals surface area contributed by atoms with Gasteiger partial charge in [0.1, 0.15) is 6.20 Å². The first-order valence-electron chi connectivity index (χ1n) is 8.19. The van der Waals surface area contributed by atoms with Crippen molar-refractivity contribution < 1.29 is 24.0 Å². The summed E-state index contributed by atoms with van der Waals surface area (Å²) in [6.07, 6.45) is 2.52. The zero-order chi connectivity index (χ0) is 20.8. The number of esters is 1. The summed E-state index contributed by atoms with van der Waals surface area (Å²) in [5.41, 5.74) is 0. The number of carbonyl (C=O) groups excluding carboxylic acids is 3. The Bertz CT molecular complexity index is 916. The van der Waals surface area contributed by atoms with Gasteiger partial charge in [-0.15, -0.1) is 0 Å². The lowest BCUT2D eigenvalue weighted by Crippen LogP contribution is -2.28. The first-order valence-corrected chi connectivity index (χ1v) is 8.19. The van der Waals surface area contributed by atoms with E-state index in [0.717, 1.165) is 6.20 Å². The lowest BCUT2D eigenvalue weighted by Gasteiger charge is -2.04. The third-order valence-corrected chi connectivity index (χ3v) is 3.49. The van der Waals surface area contributed by atoms with E-state index < -0.39 is 28.5 Å². The van der Waals surface area contributed by atoms with Crippen LogP contribution in [0.15, 0.2) is 12.4 Å². The Kier molecular flexibility index (Phi) is 6.42. The van der Waals surface area contributed by atoms with E-state index in [4.69, 9.17) is 4.74 Å². The van der Waals surface area contributed by atoms with Gasteiger partial charge in [-0.1, -0.05) is 0 Å². The van der Waals surface area contributed by atoms with Crippen molar-refractivity contribution >= 4 is 29.4 Å². The van der Waals surface area contributed by atoms with Gasteiger partial charge in [-0.3, -0.25) is 14.4 Å². The third kappa shape index (κ3) is 4.90. The Morgan fingerprint density at radius 1 is 1.14 bits per heavy atom. The molecule has 0 saturated carbocycles. The zero-order valence-corrected chi connectivity index (χ0v) is 15.5. The van der Waals surface area contributed by atoms with Gasteiger partial charge in [0, 0.05) is 26.8 Å². The van der Waals surface area contributed by atoms with E-state index in [0.29, 0.717) is 0 Å². The molecule has 28 heavy (non-hydrogen) atoms. The van der Waals surface area contributed by atoms with Gasteiger partial charge >= 0.3 is 23.5 Å². The number of carbonyl (C=O) groups is 3. The average Bonchev–Trinajstić information content (AvgIpc) is 3.18. The Hall–Kier alpha value is -3.77. The highest BCUT2D eigenvalue weighted by atomic mass is 16.6. The van der Waals surface area contributed by atoms with E-state index in [-0.39, 0.29) is 37.0 Å². The molecule has 0 unspecified atom stereocenters. The maximum atomic E-state index is 12.3. The van der Waals surface area contributed by atoms with Crippen LogP contribution >= 0.6 is 0 Å². The largest absolute Gasteiger partial charge is 0.466 e. The van der Waals surface area contributed by atoms with E-state index >= 15 is 0 Å². The van der Waals surface area contributed by atoms with E-state index in [9.17, 15) is 24.5 Å². The quantitative estimate of drug-likeness (QED) is 0.359. The molecule has 0 fully saturated rings. The summed E-state index contributed by atoms with van der Waals surface area (Å²) in [7, 11) is 2.99. The van der Waals surface area contributed by atoms with Crippen LogP contribution in [0.25, 0.3) is 0 Å². The lowest BCUT2D eigenvalue weighted by atomic mass is 10.4. The summed E-state index contributed by atoms with van der Waals surface area (Å²) in [6, 6.07) is 0. The summed E-state index contributed by atoms with van der Waals surface area (Å²) < 4.78 is 7.35. The maximum Gasteiger partial charge on any atom is 0.382 e. The monoisotopic (exact) mass is 393 g/mol. The second kappa shape index (κ2) is 8.75. The van der Waals surface area contributed by atoms with Crippen LogP contribution in [-0.4, -0.2) is 55.0 Å². The number of nitrogens with zero attached hydrogens (tertiary/aromatic N) is 5. The highest BCUT2D eigenvalue weighted by molar-refractivity contribution is 6.02. The molecule has 0 bridgehead atoms. The fourth-order valence-corrected chi connectivity index (χ4v) is 2.25. The van der Waals surface area contributed by atoms with Gasteiger partial charge in [-0.05, 0) is 16.8 Å². The summed E-state index contributed by atoms with van der Waals surface area (Å²) in [6.45, 7) is 2.01. The van der Waals surface area contributed by atoms with Gasteiger partial charge in [-0.2, -0.15) is 0 Å². The van der Waals surface area contributed by atoms with Gasteiger partial charge in [0.2, 0.25) is 5.82 Å². The minimum atomic E-state index is -0.719. The predicted octanol–water partition coefficient (Wildman–Crippen LogP) is -0.00290. The molecule has 2 amide bonds. The van der Waals surface area contributed by atoms with Crippen LogP contribution in [0.4, 0.5) is 11.6 Å². The van der Waals surface area contributed by atoms with Gasteiger partial charge in [0.15, 0.2) is 5.82 Å². The molecule has 2 heterocycles. The fourth-order valence-electron chi connectivity index (χ4n) is 2.25. The molecular formula is C15H19N7O6. The first-order chi connectivity index (χ1) is 13.2. The molecule has 2 aromatic rings. The van der Waals surface area contributed by atoms with Gasteiger partial charge in [0.05, 0.1) is 13.0 Å². The second-order valence-electron chi connectivity index (χ2n) is 5.62. The number of imidazole rings is 2. The normalized spacial score (nSPS) is 10.4. The topological polar surface area (TPSA) is 163 Å². The standard InChI is InChI=1S/C15H19N7O6/c1-4-28-11(23)5-6-16-14(24)12-17-9(7-20(12)2)18-15(25)13-19-10(22(26)27)8-21(13)3/h7-8H,4-6H2,1-3H3,(H,16,24)(H,18,25). The highest BCUT2D eigenvalue weighted by Gasteiger charge is 2.24. The van der Waals surface area contributed by atoms with Crippen molar-refractivity contribution in [2.24, 2.45) is 14.1 Å². The first kappa shape index (κ1) is 20.5. The molecule has 0 aliphatic rings. The molecular weight excluding hydrogens is 374 g/mol. The fraction of sp³-hybridized carbons (Fsp3) is 0.400. The van der Waals surface area contributed by atoms with Crippen LogP contribution in [0.5, 0.6) is 0 Å². The van der Waals surface area contributed by atoms with Crippen LogP contribution in [0, 0.1) is 10.1 Å². The summed E-state index contributed by atoms with van der Waals surface area (Å²) in [5.74, 6) is -2.27. The Balaban J connectivity index is 2.01. The van der Waals surface area contributed by atoms with Crippen LogP contribution < -0.4 is 10.6 Å². The number of aryl methyl sites for hydroxylation is 2. The van der Waals surface area contributed by atoms with E-state index in [1.165, 1.54) is 22.4 Å².